The van der Waals surface area contributed by atoms with E-state index in [0.717, 1.165) is 5.69 Å². The number of benzene rings is 1. The van der Waals surface area contributed by atoms with Crippen LogP contribution >= 0.6 is 0 Å². The van der Waals surface area contributed by atoms with Gasteiger partial charge in [0.25, 0.3) is 5.56 Å². The fourth-order valence-corrected chi connectivity index (χ4v) is 3.24. The van der Waals surface area contributed by atoms with Crippen molar-refractivity contribution in [2.24, 2.45) is 7.05 Å². The van der Waals surface area contributed by atoms with Gasteiger partial charge in [0.15, 0.2) is 0 Å². The van der Waals surface area contributed by atoms with Crippen molar-refractivity contribution in [1.29, 1.82) is 0 Å². The summed E-state index contributed by atoms with van der Waals surface area (Å²) in [6, 6.07) is 9.09. The van der Waals surface area contributed by atoms with Crippen molar-refractivity contribution < 1.29 is 9.53 Å². The average Bonchev–Trinajstić information content (AvgIpc) is 2.78. The number of aromatic nitrogens is 2. The number of nitrogens with zero attached hydrogens (tertiary/aromatic N) is 3. The Morgan fingerprint density at radius 3 is 2.36 bits per heavy atom. The van der Waals surface area contributed by atoms with Crippen molar-refractivity contribution in [3.8, 4) is 5.69 Å². The molecule has 1 N–H and O–H groups in total. The second kappa shape index (κ2) is 6.76. The van der Waals surface area contributed by atoms with Crippen LogP contribution in [0.3, 0.4) is 0 Å². The monoisotopic (exact) mass is 344 g/mol. The summed E-state index contributed by atoms with van der Waals surface area (Å²) in [6.07, 6.45) is -0.0420. The number of ether oxygens (including phenoxy) is 1. The van der Waals surface area contributed by atoms with Gasteiger partial charge < -0.3 is 15.0 Å². The van der Waals surface area contributed by atoms with E-state index in [1.54, 1.807) is 21.3 Å². The predicted molar refractivity (Wildman–Crippen MR) is 96.3 cm³/mol. The lowest BCUT2D eigenvalue weighted by Gasteiger charge is -2.35. The zero-order valence-electron chi connectivity index (χ0n) is 15.0. The van der Waals surface area contributed by atoms with Crippen LogP contribution in [0.1, 0.15) is 19.5 Å². The molecule has 7 heteroatoms. The number of carbonyl (C=O) groups excluding carboxylic acids is 1. The largest absolute Gasteiger partial charge is 0.372 e. The molecule has 2 heterocycles. The molecule has 3 rings (SSSR count). The highest BCUT2D eigenvalue weighted by Gasteiger charge is 2.27. The number of hydrogen-bond acceptors (Lipinski definition) is 3. The van der Waals surface area contributed by atoms with Crippen LogP contribution < -0.4 is 10.9 Å². The molecule has 0 radical (unpaired) electrons. The number of amides is 2. The lowest BCUT2D eigenvalue weighted by molar-refractivity contribution is -0.0530. The van der Waals surface area contributed by atoms with E-state index in [-0.39, 0.29) is 23.8 Å². The van der Waals surface area contributed by atoms with E-state index in [1.165, 1.54) is 0 Å². The van der Waals surface area contributed by atoms with Gasteiger partial charge in [0.2, 0.25) is 0 Å². The van der Waals surface area contributed by atoms with E-state index in [0.29, 0.717) is 24.5 Å². The Labute approximate surface area is 146 Å². The third kappa shape index (κ3) is 3.32. The second-order valence-corrected chi connectivity index (χ2v) is 6.53. The van der Waals surface area contributed by atoms with Crippen molar-refractivity contribution in [3.05, 3.63) is 46.4 Å². The summed E-state index contributed by atoms with van der Waals surface area (Å²) >= 11 is 0. The summed E-state index contributed by atoms with van der Waals surface area (Å²) in [5.41, 5.74) is 1.53. The summed E-state index contributed by atoms with van der Waals surface area (Å²) in [4.78, 5) is 27.2. The first-order valence-electron chi connectivity index (χ1n) is 8.44. The molecule has 2 unspecified atom stereocenters. The highest BCUT2D eigenvalue weighted by atomic mass is 16.5. The first-order chi connectivity index (χ1) is 11.9. The maximum absolute atomic E-state index is 12.8. The van der Waals surface area contributed by atoms with Crippen LogP contribution in [0.2, 0.25) is 0 Å². The van der Waals surface area contributed by atoms with Crippen molar-refractivity contribution in [3.63, 3.8) is 0 Å². The van der Waals surface area contributed by atoms with Crippen LogP contribution in [0.4, 0.5) is 10.5 Å². The molecule has 1 aliphatic heterocycles. The van der Waals surface area contributed by atoms with Crippen molar-refractivity contribution >= 4 is 11.7 Å². The molecule has 1 aromatic heterocycles. The Morgan fingerprint density at radius 1 is 1.16 bits per heavy atom. The minimum atomic E-state index is -0.270. The second-order valence-electron chi connectivity index (χ2n) is 6.53. The molecule has 1 aromatic carbocycles. The molecular weight excluding hydrogens is 320 g/mol. The van der Waals surface area contributed by atoms with E-state index in [2.05, 4.69) is 5.32 Å². The van der Waals surface area contributed by atoms with Crippen LogP contribution in [0.5, 0.6) is 0 Å². The number of anilines is 1. The standard InChI is InChI=1S/C18H24N4O3/c1-12-10-21(11-13(2)25-12)18(24)19-16-14(3)20(4)22(17(16)23)15-8-6-5-7-9-15/h5-9,12-13H,10-11H2,1-4H3,(H,19,24). The van der Waals surface area contributed by atoms with E-state index >= 15 is 0 Å². The predicted octanol–water partition coefficient (Wildman–Crippen LogP) is 2.13. The van der Waals surface area contributed by atoms with E-state index in [9.17, 15) is 9.59 Å². The molecule has 7 nitrogen and oxygen atoms in total. The molecule has 0 saturated carbocycles. The molecule has 1 aliphatic rings. The lowest BCUT2D eigenvalue weighted by atomic mass is 10.2. The third-order valence-corrected chi connectivity index (χ3v) is 4.49. The molecule has 0 spiro atoms. The molecule has 0 aliphatic carbocycles. The van der Waals surface area contributed by atoms with Gasteiger partial charge in [-0.25, -0.2) is 9.48 Å². The van der Waals surface area contributed by atoms with Gasteiger partial charge in [0.1, 0.15) is 5.69 Å². The summed E-state index contributed by atoms with van der Waals surface area (Å²) in [5, 5.41) is 2.80. The first kappa shape index (κ1) is 17.3. The first-order valence-corrected chi connectivity index (χ1v) is 8.44. The molecule has 134 valence electrons. The van der Waals surface area contributed by atoms with Gasteiger partial charge >= 0.3 is 6.03 Å². The van der Waals surface area contributed by atoms with Crippen molar-refractivity contribution in [1.82, 2.24) is 14.3 Å². The Hall–Kier alpha value is -2.54. The average molecular weight is 344 g/mol. The minimum absolute atomic E-state index is 0.0210. The zero-order valence-corrected chi connectivity index (χ0v) is 15.0. The molecule has 2 aromatic rings. The fourth-order valence-electron chi connectivity index (χ4n) is 3.24. The highest BCUT2D eigenvalue weighted by molar-refractivity contribution is 5.90. The molecule has 1 fully saturated rings. The number of nitrogens with one attached hydrogen (secondary N) is 1. The Kier molecular flexibility index (Phi) is 4.67. The molecule has 2 atom stereocenters. The lowest BCUT2D eigenvalue weighted by Crippen LogP contribution is -2.50. The van der Waals surface area contributed by atoms with Gasteiger partial charge in [-0.1, -0.05) is 18.2 Å². The maximum atomic E-state index is 12.8. The van der Waals surface area contributed by atoms with Gasteiger partial charge in [0, 0.05) is 20.1 Å². The van der Waals surface area contributed by atoms with Gasteiger partial charge in [0.05, 0.1) is 23.6 Å². The third-order valence-electron chi connectivity index (χ3n) is 4.49. The smallest absolute Gasteiger partial charge is 0.322 e. The van der Waals surface area contributed by atoms with Crippen LogP contribution in [0.25, 0.3) is 5.69 Å². The highest BCUT2D eigenvalue weighted by Crippen LogP contribution is 2.16. The van der Waals surface area contributed by atoms with Gasteiger partial charge in [-0.15, -0.1) is 0 Å². The SMILES string of the molecule is Cc1c(NC(=O)N2CC(C)OC(C)C2)c(=O)n(-c2ccccc2)n1C. The maximum Gasteiger partial charge on any atom is 0.322 e. The molecular formula is C18H24N4O3. The minimum Gasteiger partial charge on any atom is -0.372 e. The van der Waals surface area contributed by atoms with Gasteiger partial charge in [-0.05, 0) is 32.9 Å². The van der Waals surface area contributed by atoms with E-state index in [4.69, 9.17) is 4.74 Å². The number of carbonyl (C=O) groups is 1. The quantitative estimate of drug-likeness (QED) is 0.907. The number of para-hydroxylation sites is 1. The zero-order chi connectivity index (χ0) is 18.1. The number of rotatable bonds is 2. The van der Waals surface area contributed by atoms with Crippen LogP contribution in [-0.2, 0) is 11.8 Å². The van der Waals surface area contributed by atoms with Crippen molar-refractivity contribution in [2.45, 2.75) is 33.0 Å². The van der Waals surface area contributed by atoms with Crippen LogP contribution in [0.15, 0.2) is 35.1 Å². The molecule has 2 amide bonds. The summed E-state index contributed by atoms with van der Waals surface area (Å²) in [5.74, 6) is 0. The van der Waals surface area contributed by atoms with Crippen LogP contribution in [0, 0.1) is 6.92 Å². The molecule has 0 bridgehead atoms. The Morgan fingerprint density at radius 2 is 1.76 bits per heavy atom. The number of hydrogen-bond donors (Lipinski definition) is 1. The van der Waals surface area contributed by atoms with Gasteiger partial charge in [-0.3, -0.25) is 9.48 Å². The normalized spacial score (nSPS) is 20.6. The van der Waals surface area contributed by atoms with E-state index < -0.39 is 0 Å². The van der Waals surface area contributed by atoms with E-state index in [1.807, 2.05) is 51.1 Å². The number of morpholine rings is 1. The number of urea groups is 1. The summed E-state index contributed by atoms with van der Waals surface area (Å²) in [7, 11) is 1.80. The Bertz CT molecular complexity index is 815. The van der Waals surface area contributed by atoms with Crippen molar-refractivity contribution in [2.75, 3.05) is 18.4 Å². The Balaban J connectivity index is 1.89. The van der Waals surface area contributed by atoms with Crippen LogP contribution in [-0.4, -0.2) is 45.6 Å². The topological polar surface area (TPSA) is 68.5 Å². The summed E-state index contributed by atoms with van der Waals surface area (Å²) in [6.45, 7) is 6.71. The summed E-state index contributed by atoms with van der Waals surface area (Å²) < 4.78 is 8.95. The fraction of sp³-hybridized carbons (Fsp3) is 0.444. The van der Waals surface area contributed by atoms with Gasteiger partial charge in [-0.2, -0.15) is 0 Å². The molecule has 25 heavy (non-hydrogen) atoms. The molecule has 1 saturated heterocycles.